The van der Waals surface area contributed by atoms with Crippen LogP contribution in [0.2, 0.25) is 0 Å². The number of nitrogens with zero attached hydrogens (tertiary/aromatic N) is 7. The highest BCUT2D eigenvalue weighted by Gasteiger charge is 2.23. The van der Waals surface area contributed by atoms with Crippen molar-refractivity contribution in [1.82, 2.24) is 29.4 Å². The van der Waals surface area contributed by atoms with Crippen molar-refractivity contribution in [3.05, 3.63) is 84.2 Å². The van der Waals surface area contributed by atoms with E-state index in [0.29, 0.717) is 50.7 Å². The molecule has 3 aromatic heterocycles. The molecular weight excluding hydrogens is 520 g/mol. The van der Waals surface area contributed by atoms with Gasteiger partial charge in [-0.1, -0.05) is 12.1 Å². The Morgan fingerprint density at radius 1 is 0.951 bits per heavy atom. The smallest absolute Gasteiger partial charge is 0.410 e. The highest BCUT2D eigenvalue weighted by Crippen LogP contribution is 2.27. The summed E-state index contributed by atoms with van der Waals surface area (Å²) in [5.74, 6) is 1.43. The number of hydrogen-bond donors (Lipinski definition) is 1. The molecule has 6 rings (SSSR count). The maximum atomic E-state index is 13.1. The maximum absolute atomic E-state index is 13.1. The lowest BCUT2D eigenvalue weighted by Crippen LogP contribution is -2.49. The number of nitrogens with one attached hydrogen (secondary N) is 1. The molecule has 1 saturated heterocycles. The van der Waals surface area contributed by atoms with Gasteiger partial charge in [0.1, 0.15) is 5.82 Å². The third-order valence-electron chi connectivity index (χ3n) is 7.37. The zero-order valence-electron chi connectivity index (χ0n) is 22.9. The molecule has 1 N–H and O–H groups in total. The Labute approximate surface area is 238 Å². The summed E-state index contributed by atoms with van der Waals surface area (Å²) in [4.78, 5) is 40.1. The summed E-state index contributed by atoms with van der Waals surface area (Å²) in [6, 6.07) is 17.3. The third kappa shape index (κ3) is 5.69. The number of pyridine rings is 2. The molecule has 0 aliphatic carbocycles. The molecule has 0 atom stereocenters. The lowest BCUT2D eigenvalue weighted by Gasteiger charge is -2.35. The zero-order valence-corrected chi connectivity index (χ0v) is 22.9. The molecule has 5 heterocycles. The second-order valence-electron chi connectivity index (χ2n) is 9.92. The lowest BCUT2D eigenvalue weighted by molar-refractivity contribution is 0.0746. The topological polar surface area (TPSA) is 108 Å². The lowest BCUT2D eigenvalue weighted by atomic mass is 10.0. The summed E-state index contributed by atoms with van der Waals surface area (Å²) in [6.07, 6.45) is 6.12. The number of amides is 2. The summed E-state index contributed by atoms with van der Waals surface area (Å²) in [7, 11) is 0. The van der Waals surface area contributed by atoms with E-state index < -0.39 is 0 Å². The van der Waals surface area contributed by atoms with E-state index in [4.69, 9.17) is 9.72 Å². The standard InChI is InChI=1S/C30H32N8O3/c1-2-41-30(40)37-16-12-22(13-17-37)25-6-5-15-38-27(25)33-29(34-38)32-24-10-8-23(9-11-24)28(39)36-20-18-35(19-21-36)26-7-3-4-14-31-26/h3-12,14-15H,2,13,16-21H2,1H3,(H,32,34). The quantitative estimate of drug-likeness (QED) is 0.381. The van der Waals surface area contributed by atoms with E-state index in [1.54, 1.807) is 15.6 Å². The number of carbonyl (C=O) groups excluding carboxylic acids is 2. The summed E-state index contributed by atoms with van der Waals surface area (Å²) in [5, 5.41) is 7.85. The van der Waals surface area contributed by atoms with Crippen LogP contribution in [-0.2, 0) is 4.74 Å². The van der Waals surface area contributed by atoms with Crippen LogP contribution in [0, 0.1) is 0 Å². The van der Waals surface area contributed by atoms with E-state index in [1.807, 2.05) is 78.7 Å². The van der Waals surface area contributed by atoms with Gasteiger partial charge in [-0.3, -0.25) is 4.79 Å². The average molecular weight is 553 g/mol. The van der Waals surface area contributed by atoms with E-state index in [-0.39, 0.29) is 12.0 Å². The fraction of sp³-hybridized carbons (Fsp3) is 0.300. The molecule has 210 valence electrons. The molecule has 0 bridgehead atoms. The van der Waals surface area contributed by atoms with Crippen LogP contribution in [0.5, 0.6) is 0 Å². The largest absolute Gasteiger partial charge is 0.450 e. The Bertz CT molecular complexity index is 1560. The second kappa shape index (κ2) is 11.7. The van der Waals surface area contributed by atoms with E-state index in [0.717, 1.165) is 41.4 Å². The van der Waals surface area contributed by atoms with Gasteiger partial charge in [-0.05, 0) is 67.4 Å². The van der Waals surface area contributed by atoms with Gasteiger partial charge in [0.15, 0.2) is 5.65 Å². The van der Waals surface area contributed by atoms with Crippen LogP contribution in [0.3, 0.4) is 0 Å². The van der Waals surface area contributed by atoms with Crippen molar-refractivity contribution in [3.63, 3.8) is 0 Å². The molecule has 0 unspecified atom stereocenters. The van der Waals surface area contributed by atoms with Crippen molar-refractivity contribution in [2.45, 2.75) is 13.3 Å². The minimum absolute atomic E-state index is 0.0231. The van der Waals surface area contributed by atoms with Crippen molar-refractivity contribution in [1.29, 1.82) is 0 Å². The SMILES string of the molecule is CCOC(=O)N1CC=C(c2cccn3nc(Nc4ccc(C(=O)N5CCN(c6ccccn6)CC5)cc4)nc23)CC1. The first kappa shape index (κ1) is 26.3. The monoisotopic (exact) mass is 552 g/mol. The summed E-state index contributed by atoms with van der Waals surface area (Å²) >= 11 is 0. The Kier molecular flexibility index (Phi) is 7.48. The van der Waals surface area contributed by atoms with E-state index >= 15 is 0 Å². The number of hydrogen-bond acceptors (Lipinski definition) is 8. The van der Waals surface area contributed by atoms with Crippen molar-refractivity contribution >= 4 is 40.7 Å². The molecule has 1 fully saturated rings. The first-order chi connectivity index (χ1) is 20.1. The Morgan fingerprint density at radius 3 is 2.49 bits per heavy atom. The van der Waals surface area contributed by atoms with E-state index in [1.165, 1.54) is 0 Å². The Morgan fingerprint density at radius 2 is 1.78 bits per heavy atom. The number of carbonyl (C=O) groups is 2. The van der Waals surface area contributed by atoms with Crippen LogP contribution in [0.25, 0.3) is 11.2 Å². The van der Waals surface area contributed by atoms with Crippen LogP contribution in [0.1, 0.15) is 29.3 Å². The van der Waals surface area contributed by atoms with Crippen molar-refractivity contribution < 1.29 is 14.3 Å². The number of rotatable bonds is 6. The van der Waals surface area contributed by atoms with Crippen molar-refractivity contribution in [2.24, 2.45) is 0 Å². The predicted molar refractivity (Wildman–Crippen MR) is 156 cm³/mol. The van der Waals surface area contributed by atoms with Gasteiger partial charge < -0.3 is 24.8 Å². The van der Waals surface area contributed by atoms with E-state index in [9.17, 15) is 9.59 Å². The Balaban J connectivity index is 1.09. The molecule has 0 radical (unpaired) electrons. The van der Waals surface area contributed by atoms with Crippen molar-refractivity contribution in [2.75, 3.05) is 56.1 Å². The first-order valence-electron chi connectivity index (χ1n) is 13.9. The molecule has 0 spiro atoms. The molecule has 2 aliphatic rings. The number of ether oxygens (including phenoxy) is 1. The molecule has 2 aliphatic heterocycles. The second-order valence-corrected chi connectivity index (χ2v) is 9.92. The fourth-order valence-electron chi connectivity index (χ4n) is 5.19. The van der Waals surface area contributed by atoms with Crippen LogP contribution in [-0.4, -0.2) is 87.3 Å². The van der Waals surface area contributed by atoms with Gasteiger partial charge in [0, 0.05) is 68.5 Å². The normalized spacial score (nSPS) is 15.5. The number of piperazine rings is 1. The number of anilines is 3. The minimum Gasteiger partial charge on any atom is -0.450 e. The molecule has 2 amide bonds. The molecule has 11 nitrogen and oxygen atoms in total. The maximum Gasteiger partial charge on any atom is 0.410 e. The zero-order chi connectivity index (χ0) is 28.2. The summed E-state index contributed by atoms with van der Waals surface area (Å²) in [6.45, 7) is 6.08. The van der Waals surface area contributed by atoms with Gasteiger partial charge in [0.25, 0.3) is 5.91 Å². The third-order valence-corrected chi connectivity index (χ3v) is 7.37. The van der Waals surface area contributed by atoms with Crippen LogP contribution >= 0.6 is 0 Å². The van der Waals surface area contributed by atoms with Gasteiger partial charge in [-0.25, -0.2) is 14.3 Å². The molecule has 4 aromatic rings. The molecule has 0 saturated carbocycles. The van der Waals surface area contributed by atoms with Crippen LogP contribution < -0.4 is 10.2 Å². The highest BCUT2D eigenvalue weighted by molar-refractivity contribution is 5.94. The van der Waals surface area contributed by atoms with Gasteiger partial charge in [0.2, 0.25) is 5.95 Å². The fourth-order valence-corrected chi connectivity index (χ4v) is 5.19. The van der Waals surface area contributed by atoms with E-state index in [2.05, 4.69) is 20.3 Å². The van der Waals surface area contributed by atoms with Crippen LogP contribution in [0.15, 0.2) is 73.1 Å². The average Bonchev–Trinajstić information content (AvgIpc) is 3.44. The molecular formula is C30H32N8O3. The molecule has 41 heavy (non-hydrogen) atoms. The van der Waals surface area contributed by atoms with Gasteiger partial charge in [-0.15, -0.1) is 5.10 Å². The van der Waals surface area contributed by atoms with Gasteiger partial charge in [-0.2, -0.15) is 4.98 Å². The number of benzene rings is 1. The first-order valence-corrected chi connectivity index (χ1v) is 13.9. The molecule has 11 heteroatoms. The van der Waals surface area contributed by atoms with Crippen molar-refractivity contribution in [3.8, 4) is 0 Å². The van der Waals surface area contributed by atoms with Gasteiger partial charge in [0.05, 0.1) is 6.61 Å². The number of aromatic nitrogens is 4. The molecule has 1 aromatic carbocycles. The summed E-state index contributed by atoms with van der Waals surface area (Å²) < 4.78 is 6.87. The Hall–Kier alpha value is -4.93. The number of fused-ring (bicyclic) bond motifs is 1. The highest BCUT2D eigenvalue weighted by atomic mass is 16.6. The van der Waals surface area contributed by atoms with Gasteiger partial charge >= 0.3 is 6.09 Å². The minimum atomic E-state index is -0.286. The predicted octanol–water partition coefficient (Wildman–Crippen LogP) is 4.08. The summed E-state index contributed by atoms with van der Waals surface area (Å²) in [5.41, 5.74) is 4.29. The van der Waals surface area contributed by atoms with Crippen LogP contribution in [0.4, 0.5) is 22.2 Å².